The number of nitrogens with two attached hydrogens (primary N) is 1. The van der Waals surface area contributed by atoms with Crippen molar-refractivity contribution in [2.45, 2.75) is 38.7 Å². The van der Waals surface area contributed by atoms with Crippen molar-refractivity contribution in [1.29, 1.82) is 0 Å². The normalized spacial score (nSPS) is 15.9. The fraction of sp³-hybridized carbons (Fsp3) is 0.300. The molecule has 37 heavy (non-hydrogen) atoms. The Hall–Kier alpha value is -4.13. The van der Waals surface area contributed by atoms with E-state index in [0.29, 0.717) is 23.8 Å². The van der Waals surface area contributed by atoms with Crippen LogP contribution in [0.5, 0.6) is 17.2 Å². The van der Waals surface area contributed by atoms with Crippen LogP contribution in [-0.4, -0.2) is 38.3 Å². The van der Waals surface area contributed by atoms with Crippen molar-refractivity contribution in [3.05, 3.63) is 83.2 Å². The fourth-order valence-corrected chi connectivity index (χ4v) is 4.52. The molecule has 2 heterocycles. The summed E-state index contributed by atoms with van der Waals surface area (Å²) in [5, 5.41) is 0. The first-order valence-electron chi connectivity index (χ1n) is 12.4. The molecule has 2 unspecified atom stereocenters. The highest BCUT2D eigenvalue weighted by Gasteiger charge is 2.28. The number of benzene rings is 2. The summed E-state index contributed by atoms with van der Waals surface area (Å²) in [7, 11) is 5.07. The van der Waals surface area contributed by atoms with Crippen molar-refractivity contribution in [1.82, 2.24) is 4.98 Å². The highest BCUT2D eigenvalue weighted by molar-refractivity contribution is 6.10. The Bertz CT molecular complexity index is 1330. The number of aromatic nitrogens is 1. The molecule has 2 N–H and O–H groups in total. The second kappa shape index (κ2) is 11.7. The van der Waals surface area contributed by atoms with Crippen molar-refractivity contribution < 1.29 is 14.2 Å². The molecule has 0 fully saturated rings. The number of fused-ring (bicyclic) bond motifs is 1. The molecule has 1 aliphatic rings. The molecule has 1 aliphatic heterocycles. The molecular weight excluding hydrogens is 464 g/mol. The molecule has 0 amide bonds. The van der Waals surface area contributed by atoms with Crippen molar-refractivity contribution in [2.75, 3.05) is 21.3 Å². The van der Waals surface area contributed by atoms with Gasteiger partial charge in [0.15, 0.2) is 11.5 Å². The first-order valence-corrected chi connectivity index (χ1v) is 12.4. The number of rotatable bonds is 10. The van der Waals surface area contributed by atoms with E-state index in [2.05, 4.69) is 16.9 Å². The van der Waals surface area contributed by atoms with E-state index in [9.17, 15) is 0 Å². The number of hydrogen-bond donors (Lipinski definition) is 1. The second-order valence-corrected chi connectivity index (χ2v) is 8.83. The summed E-state index contributed by atoms with van der Waals surface area (Å²) >= 11 is 0. The minimum absolute atomic E-state index is 0.0999. The molecule has 0 spiro atoms. The van der Waals surface area contributed by atoms with Gasteiger partial charge >= 0.3 is 0 Å². The van der Waals surface area contributed by atoms with Crippen LogP contribution in [0.15, 0.2) is 70.8 Å². The largest absolute Gasteiger partial charge is 0.497 e. The van der Waals surface area contributed by atoms with Gasteiger partial charge in [0.05, 0.1) is 31.5 Å². The maximum Gasteiger partial charge on any atom is 0.162 e. The lowest BCUT2D eigenvalue weighted by Gasteiger charge is -2.21. The van der Waals surface area contributed by atoms with Gasteiger partial charge in [-0.1, -0.05) is 31.2 Å². The molecule has 0 saturated heterocycles. The van der Waals surface area contributed by atoms with Crippen LogP contribution in [0.25, 0.3) is 5.57 Å². The van der Waals surface area contributed by atoms with Gasteiger partial charge in [0.25, 0.3) is 0 Å². The number of nitrogens with zero attached hydrogens (tertiary/aromatic N) is 3. The van der Waals surface area contributed by atoms with Gasteiger partial charge in [0.1, 0.15) is 17.7 Å². The number of hydrogen-bond acceptors (Lipinski definition) is 7. The van der Waals surface area contributed by atoms with Crippen LogP contribution in [-0.2, 0) is 6.42 Å². The van der Waals surface area contributed by atoms with E-state index in [1.165, 1.54) is 0 Å². The van der Waals surface area contributed by atoms with Crippen LogP contribution in [0.1, 0.15) is 54.7 Å². The molecule has 192 valence electrons. The summed E-state index contributed by atoms with van der Waals surface area (Å²) in [4.78, 5) is 13.5. The van der Waals surface area contributed by atoms with E-state index in [4.69, 9.17) is 24.9 Å². The zero-order valence-corrected chi connectivity index (χ0v) is 22.1. The van der Waals surface area contributed by atoms with Crippen molar-refractivity contribution in [3.63, 3.8) is 0 Å². The van der Waals surface area contributed by atoms with Gasteiger partial charge in [-0.3, -0.25) is 9.98 Å². The van der Waals surface area contributed by atoms with Gasteiger partial charge in [0, 0.05) is 25.0 Å². The van der Waals surface area contributed by atoms with Crippen LogP contribution >= 0.6 is 0 Å². The van der Waals surface area contributed by atoms with Gasteiger partial charge in [-0.2, -0.15) is 0 Å². The lowest BCUT2D eigenvalue weighted by Crippen LogP contribution is -2.20. The number of pyridine rings is 1. The van der Waals surface area contributed by atoms with Crippen molar-refractivity contribution in [2.24, 2.45) is 15.7 Å². The molecule has 4 rings (SSSR count). The highest BCUT2D eigenvalue weighted by Crippen LogP contribution is 2.38. The zero-order chi connectivity index (χ0) is 26.4. The van der Waals surface area contributed by atoms with Crippen molar-refractivity contribution in [3.8, 4) is 17.2 Å². The Morgan fingerprint density at radius 1 is 1.08 bits per heavy atom. The smallest absolute Gasteiger partial charge is 0.162 e. The molecular formula is C30H34N4O3. The maximum absolute atomic E-state index is 6.37. The average Bonchev–Trinajstić information content (AvgIpc) is 3.24. The molecule has 3 aromatic rings. The third-order valence-electron chi connectivity index (χ3n) is 6.54. The van der Waals surface area contributed by atoms with Crippen LogP contribution < -0.4 is 19.9 Å². The van der Waals surface area contributed by atoms with E-state index in [1.807, 2.05) is 73.9 Å². The summed E-state index contributed by atoms with van der Waals surface area (Å²) < 4.78 is 17.3. The third-order valence-corrected chi connectivity index (χ3v) is 6.54. The first-order chi connectivity index (χ1) is 18.0. The second-order valence-electron chi connectivity index (χ2n) is 8.83. The molecule has 7 heteroatoms. The minimum atomic E-state index is -0.103. The molecule has 2 aromatic carbocycles. The van der Waals surface area contributed by atoms with Crippen LogP contribution in [0.2, 0.25) is 0 Å². The summed E-state index contributed by atoms with van der Waals surface area (Å²) in [5.74, 6) is 2.66. The standard InChI is InChI=1S/C30H34N4O3/c1-6-20(17-32-3)22-16-25-29(33-18-22)24(30(31)34-25)14-19-8-13-27(28(15-19)36-5)37-26(7-2)21-9-11-23(35-4)12-10-21/h6,8-13,15-18,24,26H,7,14H2,1-5H3,(H2,31,34)/b20-6+,32-17-. The molecule has 1 aromatic heterocycles. The van der Waals surface area contributed by atoms with Crippen molar-refractivity contribution >= 4 is 23.3 Å². The van der Waals surface area contributed by atoms with E-state index >= 15 is 0 Å². The van der Waals surface area contributed by atoms with Gasteiger partial charge in [-0.05, 0) is 66.8 Å². The average molecular weight is 499 g/mol. The van der Waals surface area contributed by atoms with Gasteiger partial charge < -0.3 is 19.9 Å². The molecule has 0 radical (unpaired) electrons. The third kappa shape index (κ3) is 5.66. The summed E-state index contributed by atoms with van der Waals surface area (Å²) in [5.41, 5.74) is 12.2. The van der Waals surface area contributed by atoms with Crippen LogP contribution in [0, 0.1) is 0 Å². The number of ether oxygens (including phenoxy) is 3. The molecule has 0 aliphatic carbocycles. The number of amidine groups is 1. The summed E-state index contributed by atoms with van der Waals surface area (Å²) in [6.45, 7) is 4.08. The quantitative estimate of drug-likeness (QED) is 0.343. The monoisotopic (exact) mass is 498 g/mol. The fourth-order valence-electron chi connectivity index (χ4n) is 4.52. The first kappa shape index (κ1) is 25.9. The Morgan fingerprint density at radius 3 is 2.51 bits per heavy atom. The summed E-state index contributed by atoms with van der Waals surface area (Å²) in [6.07, 6.45) is 7.05. The molecule has 2 atom stereocenters. The van der Waals surface area contributed by atoms with Crippen LogP contribution in [0.4, 0.5) is 5.69 Å². The van der Waals surface area contributed by atoms with E-state index in [0.717, 1.165) is 45.8 Å². The predicted octanol–water partition coefficient (Wildman–Crippen LogP) is 6.06. The Kier molecular flexibility index (Phi) is 8.23. The van der Waals surface area contributed by atoms with Gasteiger partial charge in [-0.25, -0.2) is 4.99 Å². The predicted molar refractivity (Wildman–Crippen MR) is 150 cm³/mol. The summed E-state index contributed by atoms with van der Waals surface area (Å²) in [6, 6.07) is 16.0. The lowest BCUT2D eigenvalue weighted by atomic mass is 9.94. The molecule has 7 nitrogen and oxygen atoms in total. The Balaban J connectivity index is 1.53. The van der Waals surface area contributed by atoms with Gasteiger partial charge in [-0.15, -0.1) is 0 Å². The number of allylic oxidation sites excluding steroid dienone is 2. The maximum atomic E-state index is 6.37. The van der Waals surface area contributed by atoms with Crippen LogP contribution in [0.3, 0.4) is 0 Å². The van der Waals surface area contributed by atoms with E-state index in [-0.39, 0.29) is 12.0 Å². The van der Waals surface area contributed by atoms with E-state index < -0.39 is 0 Å². The number of aliphatic imine (C=N–C) groups is 2. The molecule has 0 bridgehead atoms. The van der Waals surface area contributed by atoms with Gasteiger partial charge in [0.2, 0.25) is 0 Å². The lowest BCUT2D eigenvalue weighted by molar-refractivity contribution is 0.192. The highest BCUT2D eigenvalue weighted by atomic mass is 16.5. The zero-order valence-electron chi connectivity index (χ0n) is 22.1. The Labute approximate surface area is 218 Å². The van der Waals surface area contributed by atoms with E-state index in [1.54, 1.807) is 21.3 Å². The molecule has 0 saturated carbocycles. The minimum Gasteiger partial charge on any atom is -0.497 e. The number of methoxy groups -OCH3 is 2. The SMILES string of the molecule is C/C=C(\C=N/C)c1cnc2c(c1)N=C(N)C2Cc1ccc(OC(CC)c2ccc(OC)cc2)c(OC)c1. The Morgan fingerprint density at radius 2 is 1.86 bits per heavy atom. The topological polar surface area (TPSA) is 91.3 Å².